The highest BCUT2D eigenvalue weighted by molar-refractivity contribution is 7.89. The third kappa shape index (κ3) is 8.84. The molecule has 2 amide bonds. The highest BCUT2D eigenvalue weighted by Crippen LogP contribution is 2.15. The van der Waals surface area contributed by atoms with Crippen molar-refractivity contribution in [2.75, 3.05) is 25.4 Å². The number of carbonyl (C=O) groups excluding carboxylic acids is 2. The van der Waals surface area contributed by atoms with Crippen molar-refractivity contribution in [2.24, 2.45) is 0 Å². The topological polar surface area (TPSA) is 105 Å². The molecule has 1 aliphatic rings. The largest absolute Gasteiger partial charge is 0.444 e. The molecular weight excluding hydrogens is 358 g/mol. The number of hydrogen-bond acceptors (Lipinski definition) is 5. The Hall–Kier alpha value is -1.35. The fraction of sp³-hybridized carbons (Fsp3) is 0.882. The number of ether oxygens (including phenoxy) is 1. The van der Waals surface area contributed by atoms with Gasteiger partial charge in [-0.05, 0) is 40.0 Å². The van der Waals surface area contributed by atoms with Crippen LogP contribution in [-0.2, 0) is 19.6 Å². The fourth-order valence-electron chi connectivity index (χ4n) is 2.63. The average Bonchev–Trinajstić information content (AvgIpc) is 2.51. The molecule has 0 aromatic carbocycles. The minimum absolute atomic E-state index is 0.0262. The summed E-state index contributed by atoms with van der Waals surface area (Å²) in [6, 6.07) is -0.0262. The van der Waals surface area contributed by atoms with E-state index in [1.807, 2.05) is 6.92 Å². The zero-order valence-corrected chi connectivity index (χ0v) is 17.2. The zero-order valence-electron chi connectivity index (χ0n) is 16.3. The molecule has 0 unspecified atom stereocenters. The van der Waals surface area contributed by atoms with Gasteiger partial charge in [-0.3, -0.25) is 4.79 Å². The number of nitrogens with zero attached hydrogens (tertiary/aromatic N) is 1. The van der Waals surface area contributed by atoms with E-state index in [1.54, 1.807) is 20.8 Å². The van der Waals surface area contributed by atoms with Gasteiger partial charge in [-0.2, -0.15) is 0 Å². The highest BCUT2D eigenvalue weighted by atomic mass is 32.2. The van der Waals surface area contributed by atoms with Gasteiger partial charge < -0.3 is 15.4 Å². The van der Waals surface area contributed by atoms with Crippen LogP contribution in [0.4, 0.5) is 4.79 Å². The van der Waals surface area contributed by atoms with Gasteiger partial charge in [0.05, 0.1) is 5.75 Å². The second kappa shape index (κ2) is 10.1. The number of nitrogens with one attached hydrogen (secondary N) is 2. The lowest BCUT2D eigenvalue weighted by molar-refractivity contribution is -0.121. The summed E-state index contributed by atoms with van der Waals surface area (Å²) in [5.41, 5.74) is -0.572. The van der Waals surface area contributed by atoms with Gasteiger partial charge in [-0.1, -0.05) is 13.3 Å². The average molecular weight is 392 g/mol. The number of carbonyl (C=O) groups is 2. The summed E-state index contributed by atoms with van der Waals surface area (Å²) in [5.74, 6) is 0.0324. The van der Waals surface area contributed by atoms with Gasteiger partial charge in [-0.15, -0.1) is 0 Å². The number of rotatable bonds is 8. The Morgan fingerprint density at radius 3 is 2.35 bits per heavy atom. The van der Waals surface area contributed by atoms with Crippen molar-refractivity contribution in [3.63, 3.8) is 0 Å². The van der Waals surface area contributed by atoms with E-state index < -0.39 is 21.7 Å². The molecule has 8 nitrogen and oxygen atoms in total. The van der Waals surface area contributed by atoms with Crippen molar-refractivity contribution in [3.05, 3.63) is 0 Å². The lowest BCUT2D eigenvalue weighted by Gasteiger charge is -2.31. The summed E-state index contributed by atoms with van der Waals surface area (Å²) in [5, 5.41) is 5.45. The number of alkyl carbamates (subject to hydrolysis) is 1. The smallest absolute Gasteiger partial charge is 0.407 e. The van der Waals surface area contributed by atoms with E-state index in [9.17, 15) is 18.0 Å². The first-order chi connectivity index (χ1) is 12.0. The van der Waals surface area contributed by atoms with Gasteiger partial charge in [0.25, 0.3) is 0 Å². The molecule has 0 aliphatic carbocycles. The second-order valence-corrected chi connectivity index (χ2v) is 9.68. The van der Waals surface area contributed by atoms with E-state index >= 15 is 0 Å². The first kappa shape index (κ1) is 22.7. The molecule has 1 saturated heterocycles. The van der Waals surface area contributed by atoms with Crippen molar-refractivity contribution in [2.45, 2.75) is 71.4 Å². The minimum atomic E-state index is -3.18. The van der Waals surface area contributed by atoms with Crippen LogP contribution in [0.1, 0.15) is 59.8 Å². The first-order valence-corrected chi connectivity index (χ1v) is 10.9. The predicted molar refractivity (Wildman–Crippen MR) is 100 cm³/mol. The van der Waals surface area contributed by atoms with Crippen molar-refractivity contribution < 1.29 is 22.7 Å². The summed E-state index contributed by atoms with van der Waals surface area (Å²) in [6.07, 6.45) is 2.35. The maximum Gasteiger partial charge on any atom is 0.407 e. The van der Waals surface area contributed by atoms with Crippen LogP contribution in [0.15, 0.2) is 0 Å². The van der Waals surface area contributed by atoms with Crippen molar-refractivity contribution in [3.8, 4) is 0 Å². The van der Waals surface area contributed by atoms with E-state index in [-0.39, 0.29) is 30.7 Å². The van der Waals surface area contributed by atoms with Gasteiger partial charge in [0.2, 0.25) is 15.9 Å². The van der Waals surface area contributed by atoms with Gasteiger partial charge in [0, 0.05) is 32.1 Å². The lowest BCUT2D eigenvalue weighted by atomic mass is 10.1. The molecule has 0 saturated carbocycles. The van der Waals surface area contributed by atoms with Gasteiger partial charge in [-0.25, -0.2) is 17.5 Å². The van der Waals surface area contributed by atoms with E-state index in [4.69, 9.17) is 4.74 Å². The first-order valence-electron chi connectivity index (χ1n) is 9.27. The number of amides is 2. The Morgan fingerprint density at radius 1 is 1.19 bits per heavy atom. The van der Waals surface area contributed by atoms with Crippen LogP contribution in [0.5, 0.6) is 0 Å². The molecular formula is C17H33N3O5S. The van der Waals surface area contributed by atoms with Crippen molar-refractivity contribution in [1.82, 2.24) is 14.9 Å². The number of sulfonamides is 1. The highest BCUT2D eigenvalue weighted by Gasteiger charge is 2.28. The number of hydrogen-bond donors (Lipinski definition) is 2. The maximum atomic E-state index is 12.2. The second-order valence-electron chi connectivity index (χ2n) is 7.59. The van der Waals surface area contributed by atoms with Crippen LogP contribution in [0.2, 0.25) is 0 Å². The summed E-state index contributed by atoms with van der Waals surface area (Å²) in [7, 11) is -3.18. The predicted octanol–water partition coefficient (Wildman–Crippen LogP) is 1.61. The quantitative estimate of drug-likeness (QED) is 0.654. The molecule has 2 N–H and O–H groups in total. The molecule has 0 aromatic rings. The SMILES string of the molecule is CCCCS(=O)(=O)N1CCC(NC(=O)CCNC(=O)OC(C)(C)C)CC1. The van der Waals surface area contributed by atoms with E-state index in [1.165, 1.54) is 4.31 Å². The summed E-state index contributed by atoms with van der Waals surface area (Å²) < 4.78 is 30.9. The Bertz CT molecular complexity index is 563. The van der Waals surface area contributed by atoms with E-state index in [0.29, 0.717) is 32.4 Å². The summed E-state index contributed by atoms with van der Waals surface area (Å²) >= 11 is 0. The molecule has 0 bridgehead atoms. The molecule has 0 spiro atoms. The zero-order chi connectivity index (χ0) is 19.8. The number of unbranched alkanes of at least 4 members (excludes halogenated alkanes) is 1. The minimum Gasteiger partial charge on any atom is -0.444 e. The molecule has 9 heteroatoms. The van der Waals surface area contributed by atoms with Crippen LogP contribution in [0, 0.1) is 0 Å². The Labute approximate surface area is 157 Å². The van der Waals surface area contributed by atoms with Gasteiger partial charge in [0.15, 0.2) is 0 Å². The monoisotopic (exact) mass is 391 g/mol. The number of piperidine rings is 1. The van der Waals surface area contributed by atoms with Crippen molar-refractivity contribution in [1.29, 1.82) is 0 Å². The van der Waals surface area contributed by atoms with E-state index in [2.05, 4.69) is 10.6 Å². The standard InChI is InChI=1S/C17H33N3O5S/c1-5-6-13-26(23,24)20-11-8-14(9-12-20)19-15(21)7-10-18-16(22)25-17(2,3)4/h14H,5-13H2,1-4H3,(H,18,22)(H,19,21). The summed E-state index contributed by atoms with van der Waals surface area (Å²) in [6.45, 7) is 8.36. The molecule has 1 aliphatic heterocycles. The van der Waals surface area contributed by atoms with E-state index in [0.717, 1.165) is 6.42 Å². The van der Waals surface area contributed by atoms with Crippen molar-refractivity contribution >= 4 is 22.0 Å². The third-order valence-electron chi connectivity index (χ3n) is 3.99. The van der Waals surface area contributed by atoms with Crippen LogP contribution < -0.4 is 10.6 Å². The molecule has 0 atom stereocenters. The Balaban J connectivity index is 2.26. The maximum absolute atomic E-state index is 12.2. The molecule has 26 heavy (non-hydrogen) atoms. The Morgan fingerprint density at radius 2 is 1.81 bits per heavy atom. The molecule has 0 radical (unpaired) electrons. The lowest BCUT2D eigenvalue weighted by Crippen LogP contribution is -2.47. The summed E-state index contributed by atoms with van der Waals surface area (Å²) in [4.78, 5) is 23.5. The molecule has 152 valence electrons. The Kier molecular flexibility index (Phi) is 8.82. The van der Waals surface area contributed by atoms with Crippen LogP contribution in [0.25, 0.3) is 0 Å². The molecule has 0 aromatic heterocycles. The fourth-order valence-corrected chi connectivity index (χ4v) is 4.31. The molecule has 1 fully saturated rings. The van der Waals surface area contributed by atoms with Crippen LogP contribution in [-0.4, -0.2) is 61.8 Å². The molecule has 1 heterocycles. The van der Waals surface area contributed by atoms with Gasteiger partial charge in [0.1, 0.15) is 5.60 Å². The van der Waals surface area contributed by atoms with Gasteiger partial charge >= 0.3 is 6.09 Å². The van der Waals surface area contributed by atoms with Crippen LogP contribution >= 0.6 is 0 Å². The van der Waals surface area contributed by atoms with Crippen LogP contribution in [0.3, 0.4) is 0 Å². The third-order valence-corrected chi connectivity index (χ3v) is 5.95. The normalized spacial score (nSPS) is 16.9. The molecule has 1 rings (SSSR count).